The molecule has 1 saturated heterocycles. The Bertz CT molecular complexity index is 1540. The molecule has 2 N–H and O–H groups in total. The Labute approximate surface area is 221 Å². The highest BCUT2D eigenvalue weighted by atomic mass is 19.3. The van der Waals surface area contributed by atoms with E-state index in [0.29, 0.717) is 16.7 Å². The molecule has 200 valence electrons. The first-order chi connectivity index (χ1) is 18.6. The third kappa shape index (κ3) is 5.20. The van der Waals surface area contributed by atoms with Gasteiger partial charge in [0.15, 0.2) is 0 Å². The van der Waals surface area contributed by atoms with Gasteiger partial charge in [-0.3, -0.25) is 29.3 Å². The van der Waals surface area contributed by atoms with E-state index in [1.165, 1.54) is 11.0 Å². The minimum Gasteiger partial charge on any atom is -0.346 e. The second kappa shape index (κ2) is 10.2. The number of aromatic nitrogens is 1. The molecule has 1 atom stereocenters. The average Bonchev–Trinajstić information content (AvgIpc) is 3.24. The SMILES string of the molecule is O=C1CCC(N2Cc3cc(CNC(=O)C(F)(F)c4ccc(=O)n(Cc5ccccc5)c4)ccc3C2=O)C(=O)N1. The molecule has 3 aromatic rings. The van der Waals surface area contributed by atoms with Crippen LogP contribution in [0.5, 0.6) is 0 Å². The van der Waals surface area contributed by atoms with Crippen molar-refractivity contribution in [2.75, 3.05) is 0 Å². The molecule has 3 heterocycles. The van der Waals surface area contributed by atoms with Gasteiger partial charge in [-0.05, 0) is 35.2 Å². The summed E-state index contributed by atoms with van der Waals surface area (Å²) in [6.07, 6.45) is 1.34. The molecule has 0 radical (unpaired) electrons. The quantitative estimate of drug-likeness (QED) is 0.450. The lowest BCUT2D eigenvalue weighted by atomic mass is 10.0. The van der Waals surface area contributed by atoms with Crippen molar-refractivity contribution in [3.8, 4) is 0 Å². The monoisotopic (exact) mass is 534 g/mol. The molecule has 1 aromatic heterocycles. The van der Waals surface area contributed by atoms with Gasteiger partial charge in [-0.15, -0.1) is 0 Å². The number of amides is 4. The number of halogens is 2. The molecule has 2 aliphatic rings. The van der Waals surface area contributed by atoms with E-state index in [0.717, 1.165) is 28.5 Å². The number of nitrogens with one attached hydrogen (secondary N) is 2. The summed E-state index contributed by atoms with van der Waals surface area (Å²) in [5.74, 6) is -6.70. The summed E-state index contributed by atoms with van der Waals surface area (Å²) in [4.78, 5) is 62.6. The van der Waals surface area contributed by atoms with Gasteiger partial charge < -0.3 is 14.8 Å². The smallest absolute Gasteiger partial charge is 0.346 e. The summed E-state index contributed by atoms with van der Waals surface area (Å²) in [5, 5.41) is 4.47. The van der Waals surface area contributed by atoms with E-state index in [1.54, 1.807) is 42.5 Å². The minimum absolute atomic E-state index is 0.0783. The van der Waals surface area contributed by atoms with Crippen LogP contribution >= 0.6 is 0 Å². The van der Waals surface area contributed by atoms with Gasteiger partial charge in [0.25, 0.3) is 17.4 Å². The molecule has 1 unspecified atom stereocenters. The van der Waals surface area contributed by atoms with Crippen molar-refractivity contribution in [3.05, 3.63) is 105 Å². The van der Waals surface area contributed by atoms with E-state index in [2.05, 4.69) is 10.6 Å². The van der Waals surface area contributed by atoms with Gasteiger partial charge >= 0.3 is 5.92 Å². The Balaban J connectivity index is 1.26. The zero-order valence-corrected chi connectivity index (χ0v) is 20.7. The van der Waals surface area contributed by atoms with Crippen molar-refractivity contribution in [3.63, 3.8) is 0 Å². The molecule has 0 aliphatic carbocycles. The third-order valence-corrected chi connectivity index (χ3v) is 6.87. The number of hydrogen-bond donors (Lipinski definition) is 2. The number of rotatable bonds is 7. The summed E-state index contributed by atoms with van der Waals surface area (Å²) < 4.78 is 31.2. The van der Waals surface area contributed by atoms with E-state index in [1.807, 2.05) is 0 Å². The number of imide groups is 1. The normalized spacial score (nSPS) is 17.1. The third-order valence-electron chi connectivity index (χ3n) is 6.87. The van der Waals surface area contributed by atoms with E-state index >= 15 is 8.78 Å². The summed E-state index contributed by atoms with van der Waals surface area (Å²) in [6, 6.07) is 14.7. The van der Waals surface area contributed by atoms with Crippen LogP contribution in [0.4, 0.5) is 8.78 Å². The first-order valence-electron chi connectivity index (χ1n) is 12.3. The van der Waals surface area contributed by atoms with Crippen LogP contribution in [0, 0.1) is 0 Å². The maximum absolute atomic E-state index is 15.1. The molecule has 11 heteroatoms. The van der Waals surface area contributed by atoms with Crippen molar-refractivity contribution < 1.29 is 28.0 Å². The van der Waals surface area contributed by atoms with Crippen molar-refractivity contribution in [1.82, 2.24) is 20.1 Å². The van der Waals surface area contributed by atoms with E-state index < -0.39 is 34.9 Å². The number of alkyl halides is 2. The van der Waals surface area contributed by atoms with Crippen LogP contribution in [-0.2, 0) is 39.9 Å². The van der Waals surface area contributed by atoms with Crippen LogP contribution in [0.1, 0.15) is 45.5 Å². The van der Waals surface area contributed by atoms with Crippen LogP contribution in [0.25, 0.3) is 0 Å². The molecule has 9 nitrogen and oxygen atoms in total. The van der Waals surface area contributed by atoms with Gasteiger partial charge in [-0.1, -0.05) is 42.5 Å². The van der Waals surface area contributed by atoms with Crippen molar-refractivity contribution >= 4 is 23.6 Å². The highest BCUT2D eigenvalue weighted by molar-refractivity contribution is 6.05. The number of fused-ring (bicyclic) bond motifs is 1. The highest BCUT2D eigenvalue weighted by Crippen LogP contribution is 2.30. The number of pyridine rings is 1. The second-order valence-electron chi connectivity index (χ2n) is 9.52. The Morgan fingerprint density at radius 1 is 1.00 bits per heavy atom. The van der Waals surface area contributed by atoms with Gasteiger partial charge in [0, 0.05) is 42.9 Å². The molecular weight excluding hydrogens is 510 g/mol. The van der Waals surface area contributed by atoms with Gasteiger partial charge in [-0.2, -0.15) is 8.78 Å². The summed E-state index contributed by atoms with van der Waals surface area (Å²) in [7, 11) is 0. The summed E-state index contributed by atoms with van der Waals surface area (Å²) in [6.45, 7) is -0.0196. The standard InChI is InChI=1S/C28H24F2N4O5/c29-28(30,20-7-11-24(36)33(16-20)14-17-4-2-1-3-5-17)27(39)31-13-18-6-8-21-19(12-18)15-34(26(21)38)22-9-10-23(35)32-25(22)37/h1-8,11-12,16,22H,9-10,13-15H2,(H,31,39)(H,32,35,37). The fraction of sp³-hybridized carbons (Fsp3) is 0.250. The van der Waals surface area contributed by atoms with Gasteiger partial charge in [0.2, 0.25) is 11.8 Å². The number of piperidine rings is 1. The molecule has 1 fully saturated rings. The number of carbonyl (C=O) groups excluding carboxylic acids is 4. The van der Waals surface area contributed by atoms with Crippen molar-refractivity contribution in [1.29, 1.82) is 0 Å². The predicted molar refractivity (Wildman–Crippen MR) is 134 cm³/mol. The predicted octanol–water partition coefficient (Wildman–Crippen LogP) is 2.07. The Morgan fingerprint density at radius 2 is 1.77 bits per heavy atom. The topological polar surface area (TPSA) is 118 Å². The minimum atomic E-state index is -3.90. The zero-order chi connectivity index (χ0) is 27.7. The second-order valence-corrected chi connectivity index (χ2v) is 9.52. The molecule has 0 saturated carbocycles. The fourth-order valence-electron chi connectivity index (χ4n) is 4.78. The first-order valence-corrected chi connectivity index (χ1v) is 12.3. The van der Waals surface area contributed by atoms with Crippen molar-refractivity contribution in [2.24, 2.45) is 0 Å². The molecule has 2 aliphatic heterocycles. The Kier molecular flexibility index (Phi) is 6.81. The van der Waals surface area contributed by atoms with Crippen LogP contribution in [-0.4, -0.2) is 39.1 Å². The van der Waals surface area contributed by atoms with Gasteiger partial charge in [0.05, 0.1) is 6.54 Å². The maximum atomic E-state index is 15.1. The number of benzene rings is 2. The lowest BCUT2D eigenvalue weighted by Gasteiger charge is -2.29. The maximum Gasteiger partial charge on any atom is 0.351 e. The van der Waals surface area contributed by atoms with E-state index in [9.17, 15) is 24.0 Å². The van der Waals surface area contributed by atoms with Crippen LogP contribution in [0.3, 0.4) is 0 Å². The fourth-order valence-corrected chi connectivity index (χ4v) is 4.78. The molecule has 0 bridgehead atoms. The lowest BCUT2D eigenvalue weighted by molar-refractivity contribution is -0.147. The zero-order valence-electron chi connectivity index (χ0n) is 20.7. The van der Waals surface area contributed by atoms with Crippen molar-refractivity contribution in [2.45, 2.75) is 44.4 Å². The Hall–Kier alpha value is -4.67. The van der Waals surface area contributed by atoms with E-state index in [-0.39, 0.29) is 44.3 Å². The molecular formula is C28H24F2N4O5. The molecule has 5 rings (SSSR count). The molecule has 39 heavy (non-hydrogen) atoms. The lowest BCUT2D eigenvalue weighted by Crippen LogP contribution is -2.52. The van der Waals surface area contributed by atoms with Gasteiger partial charge in [0.1, 0.15) is 6.04 Å². The highest BCUT2D eigenvalue weighted by Gasteiger charge is 2.42. The van der Waals surface area contributed by atoms with Crippen LogP contribution < -0.4 is 16.2 Å². The summed E-state index contributed by atoms with van der Waals surface area (Å²) >= 11 is 0. The largest absolute Gasteiger partial charge is 0.351 e. The first kappa shape index (κ1) is 26.0. The average molecular weight is 535 g/mol. The van der Waals surface area contributed by atoms with Gasteiger partial charge in [-0.25, -0.2) is 0 Å². The molecule has 0 spiro atoms. The molecule has 2 aromatic carbocycles. The van der Waals surface area contributed by atoms with E-state index in [4.69, 9.17) is 0 Å². The number of hydrogen-bond acceptors (Lipinski definition) is 5. The number of nitrogens with zero attached hydrogens (tertiary/aromatic N) is 2. The van der Waals surface area contributed by atoms with Crippen LogP contribution in [0.15, 0.2) is 71.7 Å². The van der Waals surface area contributed by atoms with Crippen LogP contribution in [0.2, 0.25) is 0 Å². The summed E-state index contributed by atoms with van der Waals surface area (Å²) in [5.41, 5.74) is 1.12. The molecule has 4 amide bonds. The number of carbonyl (C=O) groups is 4. The Morgan fingerprint density at radius 3 is 2.51 bits per heavy atom.